The van der Waals surface area contributed by atoms with E-state index in [9.17, 15) is 4.79 Å². The summed E-state index contributed by atoms with van der Waals surface area (Å²) in [7, 11) is 0. The molecule has 0 aliphatic heterocycles. The number of carbonyl (C=O) groups excluding carboxylic acids is 1. The molecule has 1 atom stereocenters. The van der Waals surface area contributed by atoms with Gasteiger partial charge in [-0.25, -0.2) is 0 Å². The summed E-state index contributed by atoms with van der Waals surface area (Å²) in [5, 5.41) is 6.23. The SMILES string of the molecule is O=C(CNc1ccccc1)NC1CCc2ccccc21. The number of hydrogen-bond acceptors (Lipinski definition) is 2. The highest BCUT2D eigenvalue weighted by atomic mass is 16.1. The highest BCUT2D eigenvalue weighted by Crippen LogP contribution is 2.30. The van der Waals surface area contributed by atoms with Crippen molar-refractivity contribution < 1.29 is 4.79 Å². The molecule has 3 rings (SSSR count). The normalized spacial score (nSPS) is 16.5. The molecule has 1 aliphatic rings. The van der Waals surface area contributed by atoms with Gasteiger partial charge >= 0.3 is 0 Å². The van der Waals surface area contributed by atoms with Gasteiger partial charge < -0.3 is 10.6 Å². The molecule has 2 aromatic rings. The standard InChI is InChI=1S/C17H18N2O/c20-17(12-18-14-7-2-1-3-8-14)19-16-11-10-13-6-4-5-9-15(13)16/h1-9,16,18H,10-12H2,(H,19,20). The fourth-order valence-electron chi connectivity index (χ4n) is 2.69. The van der Waals surface area contributed by atoms with Crippen LogP contribution in [0.2, 0.25) is 0 Å². The Balaban J connectivity index is 1.55. The molecule has 0 aromatic heterocycles. The third kappa shape index (κ3) is 2.82. The van der Waals surface area contributed by atoms with Crippen molar-refractivity contribution in [1.82, 2.24) is 5.32 Å². The van der Waals surface area contributed by atoms with Gasteiger partial charge in [0.15, 0.2) is 0 Å². The van der Waals surface area contributed by atoms with Crippen LogP contribution in [0.3, 0.4) is 0 Å². The highest BCUT2D eigenvalue weighted by Gasteiger charge is 2.22. The van der Waals surface area contributed by atoms with Crippen LogP contribution in [0.1, 0.15) is 23.6 Å². The van der Waals surface area contributed by atoms with Crippen molar-refractivity contribution in [2.45, 2.75) is 18.9 Å². The first-order valence-electron chi connectivity index (χ1n) is 6.99. The number of hydrogen-bond donors (Lipinski definition) is 2. The van der Waals surface area contributed by atoms with E-state index in [2.05, 4.69) is 28.8 Å². The summed E-state index contributed by atoms with van der Waals surface area (Å²) in [6.45, 7) is 0.308. The Labute approximate surface area is 119 Å². The maximum Gasteiger partial charge on any atom is 0.239 e. The number of para-hydroxylation sites is 1. The minimum atomic E-state index is 0.0376. The van der Waals surface area contributed by atoms with Gasteiger partial charge in [0.25, 0.3) is 0 Å². The molecule has 2 N–H and O–H groups in total. The van der Waals surface area contributed by atoms with Crippen LogP contribution in [0.25, 0.3) is 0 Å². The fraction of sp³-hybridized carbons (Fsp3) is 0.235. The second-order valence-electron chi connectivity index (χ2n) is 5.08. The lowest BCUT2D eigenvalue weighted by Gasteiger charge is -2.14. The Morgan fingerprint density at radius 1 is 1.05 bits per heavy atom. The molecule has 1 unspecified atom stereocenters. The van der Waals surface area contributed by atoms with E-state index < -0.39 is 0 Å². The van der Waals surface area contributed by atoms with E-state index in [1.54, 1.807) is 0 Å². The molecule has 20 heavy (non-hydrogen) atoms. The number of anilines is 1. The molecule has 1 aliphatic carbocycles. The van der Waals surface area contributed by atoms with Crippen LogP contribution < -0.4 is 10.6 Å². The molecule has 0 bridgehead atoms. The molecule has 102 valence electrons. The van der Waals surface area contributed by atoms with E-state index >= 15 is 0 Å². The molecule has 2 aromatic carbocycles. The summed E-state index contributed by atoms with van der Waals surface area (Å²) in [4.78, 5) is 12.0. The van der Waals surface area contributed by atoms with Gasteiger partial charge in [-0.2, -0.15) is 0 Å². The minimum absolute atomic E-state index is 0.0376. The summed E-state index contributed by atoms with van der Waals surface area (Å²) in [5.41, 5.74) is 3.59. The summed E-state index contributed by atoms with van der Waals surface area (Å²) in [6, 6.07) is 18.3. The van der Waals surface area contributed by atoms with E-state index in [4.69, 9.17) is 0 Å². The maximum absolute atomic E-state index is 12.0. The zero-order chi connectivity index (χ0) is 13.8. The van der Waals surface area contributed by atoms with Crippen LogP contribution in [0.5, 0.6) is 0 Å². The monoisotopic (exact) mass is 266 g/mol. The van der Waals surface area contributed by atoms with Crippen LogP contribution in [0, 0.1) is 0 Å². The lowest BCUT2D eigenvalue weighted by atomic mass is 10.1. The molecule has 0 fully saturated rings. The summed E-state index contributed by atoms with van der Waals surface area (Å²) in [6.07, 6.45) is 2.05. The van der Waals surface area contributed by atoms with Crippen LogP contribution in [-0.2, 0) is 11.2 Å². The number of fused-ring (bicyclic) bond motifs is 1. The number of rotatable bonds is 4. The quantitative estimate of drug-likeness (QED) is 0.893. The first kappa shape index (κ1) is 12.7. The van der Waals surface area contributed by atoms with Crippen molar-refractivity contribution in [3.05, 3.63) is 65.7 Å². The molecule has 0 spiro atoms. The number of nitrogens with one attached hydrogen (secondary N) is 2. The number of benzene rings is 2. The maximum atomic E-state index is 12.0. The van der Waals surface area contributed by atoms with E-state index in [0.29, 0.717) is 6.54 Å². The van der Waals surface area contributed by atoms with Crippen LogP contribution in [-0.4, -0.2) is 12.5 Å². The van der Waals surface area contributed by atoms with Crippen LogP contribution in [0.4, 0.5) is 5.69 Å². The lowest BCUT2D eigenvalue weighted by molar-refractivity contribution is -0.120. The van der Waals surface area contributed by atoms with E-state index in [-0.39, 0.29) is 11.9 Å². The predicted octanol–water partition coefficient (Wildman–Crippen LogP) is 2.90. The third-order valence-electron chi connectivity index (χ3n) is 3.69. The fourth-order valence-corrected chi connectivity index (χ4v) is 2.69. The van der Waals surface area contributed by atoms with Crippen molar-refractivity contribution in [2.24, 2.45) is 0 Å². The average Bonchev–Trinajstić information content (AvgIpc) is 2.90. The Morgan fingerprint density at radius 3 is 2.65 bits per heavy atom. The predicted molar refractivity (Wildman–Crippen MR) is 80.6 cm³/mol. The van der Waals surface area contributed by atoms with Crippen molar-refractivity contribution >= 4 is 11.6 Å². The smallest absolute Gasteiger partial charge is 0.239 e. The lowest BCUT2D eigenvalue weighted by Crippen LogP contribution is -2.32. The largest absolute Gasteiger partial charge is 0.376 e. The van der Waals surface area contributed by atoms with Gasteiger partial charge in [0.1, 0.15) is 0 Å². The zero-order valence-electron chi connectivity index (χ0n) is 11.3. The molecular formula is C17H18N2O. The van der Waals surface area contributed by atoms with Gasteiger partial charge in [0.2, 0.25) is 5.91 Å². The van der Waals surface area contributed by atoms with Gasteiger partial charge in [-0.1, -0.05) is 42.5 Å². The first-order chi connectivity index (χ1) is 9.83. The Morgan fingerprint density at radius 2 is 1.80 bits per heavy atom. The summed E-state index contributed by atoms with van der Waals surface area (Å²) in [5.74, 6) is 0.0376. The van der Waals surface area contributed by atoms with Crippen molar-refractivity contribution in [1.29, 1.82) is 0 Å². The Bertz CT molecular complexity index is 595. The molecule has 1 amide bonds. The molecule has 3 nitrogen and oxygen atoms in total. The number of carbonyl (C=O) groups is 1. The first-order valence-corrected chi connectivity index (χ1v) is 6.99. The number of amides is 1. The Kier molecular flexibility index (Phi) is 3.68. The second-order valence-corrected chi connectivity index (χ2v) is 5.08. The van der Waals surface area contributed by atoms with Crippen molar-refractivity contribution in [3.63, 3.8) is 0 Å². The highest BCUT2D eigenvalue weighted by molar-refractivity contribution is 5.81. The molecule has 0 radical (unpaired) electrons. The Hall–Kier alpha value is -2.29. The van der Waals surface area contributed by atoms with Gasteiger partial charge in [0, 0.05) is 5.69 Å². The average molecular weight is 266 g/mol. The molecule has 0 heterocycles. The van der Waals surface area contributed by atoms with E-state index in [1.807, 2.05) is 36.4 Å². The number of aryl methyl sites for hydroxylation is 1. The van der Waals surface area contributed by atoms with Crippen molar-refractivity contribution in [3.8, 4) is 0 Å². The van der Waals surface area contributed by atoms with Crippen molar-refractivity contribution in [2.75, 3.05) is 11.9 Å². The van der Waals surface area contributed by atoms with Gasteiger partial charge in [-0.3, -0.25) is 4.79 Å². The molecule has 0 saturated heterocycles. The van der Waals surface area contributed by atoms with Gasteiger partial charge in [-0.15, -0.1) is 0 Å². The van der Waals surface area contributed by atoms with Crippen LogP contribution >= 0.6 is 0 Å². The van der Waals surface area contributed by atoms with Crippen LogP contribution in [0.15, 0.2) is 54.6 Å². The third-order valence-corrected chi connectivity index (χ3v) is 3.69. The van der Waals surface area contributed by atoms with E-state index in [0.717, 1.165) is 18.5 Å². The van der Waals surface area contributed by atoms with Gasteiger partial charge in [0.05, 0.1) is 12.6 Å². The van der Waals surface area contributed by atoms with E-state index in [1.165, 1.54) is 11.1 Å². The zero-order valence-corrected chi connectivity index (χ0v) is 11.3. The topological polar surface area (TPSA) is 41.1 Å². The molecule has 0 saturated carbocycles. The summed E-state index contributed by atoms with van der Waals surface area (Å²) >= 11 is 0. The molecule has 3 heteroatoms. The van der Waals surface area contributed by atoms with Gasteiger partial charge in [-0.05, 0) is 36.1 Å². The second kappa shape index (κ2) is 5.78. The summed E-state index contributed by atoms with van der Waals surface area (Å²) < 4.78 is 0. The molecular weight excluding hydrogens is 248 g/mol. The minimum Gasteiger partial charge on any atom is -0.376 e.